The van der Waals surface area contributed by atoms with E-state index in [0.29, 0.717) is 5.56 Å². The van der Waals surface area contributed by atoms with Crippen molar-refractivity contribution in [3.05, 3.63) is 23.8 Å². The van der Waals surface area contributed by atoms with Crippen LogP contribution in [0.4, 0.5) is 0 Å². The van der Waals surface area contributed by atoms with Gasteiger partial charge in [0.25, 0.3) is 0 Å². The number of ether oxygens (including phenoxy) is 4. The molecule has 1 aromatic rings. The summed E-state index contributed by atoms with van der Waals surface area (Å²) in [5, 5.41) is 3.06. The molecule has 0 aromatic heterocycles. The van der Waals surface area contributed by atoms with Gasteiger partial charge in [-0.15, -0.1) is 0 Å². The lowest BCUT2D eigenvalue weighted by Crippen LogP contribution is -2.43. The Morgan fingerprint density at radius 3 is 2.16 bits per heavy atom. The van der Waals surface area contributed by atoms with E-state index in [9.17, 15) is 19.2 Å². The van der Waals surface area contributed by atoms with Crippen LogP contribution in [0.1, 0.15) is 53.0 Å². The highest BCUT2D eigenvalue weighted by molar-refractivity contribution is 5.77. The zero-order valence-corrected chi connectivity index (χ0v) is 19.6. The van der Waals surface area contributed by atoms with E-state index in [4.69, 9.17) is 18.9 Å². The second-order valence-electron chi connectivity index (χ2n) is 7.59. The Morgan fingerprint density at radius 2 is 1.59 bits per heavy atom. The lowest BCUT2D eigenvalue weighted by atomic mass is 10.0. The molecule has 9 nitrogen and oxygen atoms in total. The van der Waals surface area contributed by atoms with Crippen LogP contribution in [0.25, 0.3) is 0 Å². The van der Waals surface area contributed by atoms with Gasteiger partial charge in [-0.25, -0.2) is 0 Å². The van der Waals surface area contributed by atoms with E-state index >= 15 is 0 Å². The molecule has 0 radical (unpaired) electrons. The number of carbonyl (C=O) groups is 4. The van der Waals surface area contributed by atoms with Crippen LogP contribution in [-0.4, -0.2) is 49.7 Å². The number of hydrogen-bond acceptors (Lipinski definition) is 9. The molecule has 0 aliphatic rings. The predicted octanol–water partition coefficient (Wildman–Crippen LogP) is 2.58. The van der Waals surface area contributed by atoms with Gasteiger partial charge < -0.3 is 24.3 Å². The van der Waals surface area contributed by atoms with Crippen LogP contribution in [0.15, 0.2) is 18.2 Å². The van der Waals surface area contributed by atoms with Crippen molar-refractivity contribution in [2.24, 2.45) is 5.92 Å². The van der Waals surface area contributed by atoms with Crippen molar-refractivity contribution in [1.29, 1.82) is 0 Å². The minimum Gasteiger partial charge on any atom is -0.468 e. The summed E-state index contributed by atoms with van der Waals surface area (Å²) < 4.78 is 20.5. The molecule has 1 N–H and O–H groups in total. The van der Waals surface area contributed by atoms with Crippen molar-refractivity contribution in [3.63, 3.8) is 0 Å². The number of carbonyl (C=O) groups excluding carboxylic acids is 4. The smallest absolute Gasteiger partial charge is 0.323 e. The average molecular weight is 452 g/mol. The standard InChI is InChI=1S/C23H33NO8/c1-7-8-14(2)22(27)30-15(3)13-24-19(23(28)29-6)11-18-9-10-20(31-16(4)25)21(12-18)32-17(5)26/h9-10,12,14-15,19,24H,7-8,11,13H2,1-6H3/t14?,15?,19-/m0/s1. The van der Waals surface area contributed by atoms with Gasteiger partial charge in [0.05, 0.1) is 13.0 Å². The van der Waals surface area contributed by atoms with Crippen molar-refractivity contribution >= 4 is 23.9 Å². The second-order valence-corrected chi connectivity index (χ2v) is 7.59. The molecule has 3 atom stereocenters. The van der Waals surface area contributed by atoms with E-state index in [1.807, 2.05) is 13.8 Å². The minimum atomic E-state index is -0.737. The molecule has 0 aliphatic carbocycles. The average Bonchev–Trinajstić information content (AvgIpc) is 2.71. The molecule has 0 saturated carbocycles. The Balaban J connectivity index is 2.88. The Hall–Kier alpha value is -2.94. The van der Waals surface area contributed by atoms with Gasteiger partial charge in [-0.1, -0.05) is 26.3 Å². The Bertz CT molecular complexity index is 807. The SMILES string of the molecule is CCCC(C)C(=O)OC(C)CN[C@@H](Cc1ccc(OC(C)=O)c(OC(C)=O)c1)C(=O)OC. The topological polar surface area (TPSA) is 117 Å². The second kappa shape index (κ2) is 13.5. The Morgan fingerprint density at radius 1 is 0.969 bits per heavy atom. The van der Waals surface area contributed by atoms with Crippen LogP contribution in [0.5, 0.6) is 11.5 Å². The third-order valence-corrected chi connectivity index (χ3v) is 4.53. The zero-order valence-electron chi connectivity index (χ0n) is 19.6. The fourth-order valence-electron chi connectivity index (χ4n) is 2.99. The molecule has 2 unspecified atom stereocenters. The van der Waals surface area contributed by atoms with Gasteiger partial charge in [-0.3, -0.25) is 19.2 Å². The number of benzene rings is 1. The first-order valence-corrected chi connectivity index (χ1v) is 10.6. The van der Waals surface area contributed by atoms with Crippen molar-refractivity contribution in [3.8, 4) is 11.5 Å². The van der Waals surface area contributed by atoms with Crippen LogP contribution >= 0.6 is 0 Å². The summed E-state index contributed by atoms with van der Waals surface area (Å²) in [6.45, 7) is 8.27. The van der Waals surface area contributed by atoms with E-state index in [1.54, 1.807) is 13.0 Å². The highest BCUT2D eigenvalue weighted by Gasteiger charge is 2.23. The first-order chi connectivity index (χ1) is 15.1. The van der Waals surface area contributed by atoms with E-state index in [-0.39, 0.29) is 36.4 Å². The molecule has 0 saturated heterocycles. The molecule has 0 heterocycles. The zero-order chi connectivity index (χ0) is 24.3. The van der Waals surface area contributed by atoms with E-state index in [0.717, 1.165) is 12.8 Å². The number of esters is 4. The highest BCUT2D eigenvalue weighted by atomic mass is 16.6. The lowest BCUT2D eigenvalue weighted by Gasteiger charge is -2.21. The minimum absolute atomic E-state index is 0.0704. The van der Waals surface area contributed by atoms with Crippen molar-refractivity contribution in [1.82, 2.24) is 5.32 Å². The van der Waals surface area contributed by atoms with E-state index in [2.05, 4.69) is 5.32 Å². The molecular weight excluding hydrogens is 418 g/mol. The van der Waals surface area contributed by atoms with Crippen LogP contribution in [0.3, 0.4) is 0 Å². The third kappa shape index (κ3) is 9.47. The molecule has 9 heteroatoms. The van der Waals surface area contributed by atoms with Crippen molar-refractivity contribution < 1.29 is 38.1 Å². The molecule has 0 amide bonds. The van der Waals surface area contributed by atoms with Gasteiger partial charge in [0, 0.05) is 20.4 Å². The quantitative estimate of drug-likeness (QED) is 0.378. The Labute approximate surface area is 188 Å². The van der Waals surface area contributed by atoms with Gasteiger partial charge >= 0.3 is 23.9 Å². The molecule has 1 aromatic carbocycles. The van der Waals surface area contributed by atoms with Crippen LogP contribution in [0, 0.1) is 5.92 Å². The normalized spacial score (nSPS) is 13.4. The summed E-state index contributed by atoms with van der Waals surface area (Å²) in [5.74, 6) is -1.93. The van der Waals surface area contributed by atoms with Gasteiger partial charge in [0.15, 0.2) is 11.5 Å². The van der Waals surface area contributed by atoms with Crippen LogP contribution in [0.2, 0.25) is 0 Å². The highest BCUT2D eigenvalue weighted by Crippen LogP contribution is 2.29. The van der Waals surface area contributed by atoms with E-state index < -0.39 is 30.1 Å². The monoisotopic (exact) mass is 451 g/mol. The summed E-state index contributed by atoms with van der Waals surface area (Å²) >= 11 is 0. The van der Waals surface area contributed by atoms with Gasteiger partial charge in [-0.2, -0.15) is 0 Å². The fourth-order valence-corrected chi connectivity index (χ4v) is 2.99. The van der Waals surface area contributed by atoms with Crippen LogP contribution in [-0.2, 0) is 35.1 Å². The summed E-state index contributed by atoms with van der Waals surface area (Å²) in [7, 11) is 1.28. The molecule has 0 bridgehead atoms. The summed E-state index contributed by atoms with van der Waals surface area (Å²) in [6, 6.07) is 3.92. The number of hydrogen-bond donors (Lipinski definition) is 1. The maximum atomic E-state index is 12.3. The maximum absolute atomic E-state index is 12.3. The van der Waals surface area contributed by atoms with Gasteiger partial charge in [0.1, 0.15) is 12.1 Å². The van der Waals surface area contributed by atoms with Crippen molar-refractivity contribution in [2.45, 2.75) is 66.0 Å². The number of nitrogens with one attached hydrogen (secondary N) is 1. The molecule has 0 aliphatic heterocycles. The largest absolute Gasteiger partial charge is 0.468 e. The summed E-state index contributed by atoms with van der Waals surface area (Å²) in [5.41, 5.74) is 0.640. The van der Waals surface area contributed by atoms with Crippen LogP contribution < -0.4 is 14.8 Å². The van der Waals surface area contributed by atoms with E-state index in [1.165, 1.54) is 33.1 Å². The fraction of sp³-hybridized carbons (Fsp3) is 0.565. The van der Waals surface area contributed by atoms with Gasteiger partial charge in [0.2, 0.25) is 0 Å². The van der Waals surface area contributed by atoms with Crippen molar-refractivity contribution in [2.75, 3.05) is 13.7 Å². The molecular formula is C23H33NO8. The predicted molar refractivity (Wildman–Crippen MR) is 116 cm³/mol. The van der Waals surface area contributed by atoms with Gasteiger partial charge in [-0.05, 0) is 37.5 Å². The first-order valence-electron chi connectivity index (χ1n) is 10.6. The molecule has 0 spiro atoms. The molecule has 32 heavy (non-hydrogen) atoms. The molecule has 0 fully saturated rings. The maximum Gasteiger partial charge on any atom is 0.323 e. The third-order valence-electron chi connectivity index (χ3n) is 4.53. The number of methoxy groups -OCH3 is 1. The summed E-state index contributed by atoms with van der Waals surface area (Å²) in [6.07, 6.45) is 1.39. The molecule has 1 rings (SSSR count). The first kappa shape index (κ1) is 27.1. The lowest BCUT2D eigenvalue weighted by molar-refractivity contribution is -0.152. The number of rotatable bonds is 12. The Kier molecular flexibility index (Phi) is 11.4. The summed E-state index contributed by atoms with van der Waals surface area (Å²) in [4.78, 5) is 47.0. The molecule has 178 valence electrons.